The standard InChI is InChI=1S/C18H23ClN4/c19-18-21-15(14-9-5-3-1-2-4-6-10-14)13-17(23-18)22-16-11-7-8-12-20-16/h7-8,11-14H,1-6,9-10H2,(H,20,21,22,23). The molecule has 2 aromatic heterocycles. The van der Waals surface area contributed by atoms with Crippen LogP contribution in [0.4, 0.5) is 11.6 Å². The van der Waals surface area contributed by atoms with Crippen LogP contribution >= 0.6 is 11.6 Å². The first-order valence-corrected chi connectivity index (χ1v) is 8.91. The Labute approximate surface area is 142 Å². The summed E-state index contributed by atoms with van der Waals surface area (Å²) in [5.41, 5.74) is 1.06. The molecule has 1 fully saturated rings. The number of rotatable bonds is 3. The van der Waals surface area contributed by atoms with Crippen molar-refractivity contribution in [1.29, 1.82) is 0 Å². The van der Waals surface area contributed by atoms with E-state index in [2.05, 4.69) is 20.3 Å². The van der Waals surface area contributed by atoms with Crippen LogP contribution in [0.15, 0.2) is 30.5 Å². The second kappa shape index (κ2) is 8.25. The number of aromatic nitrogens is 3. The summed E-state index contributed by atoms with van der Waals surface area (Å²) in [7, 11) is 0. The number of pyridine rings is 1. The molecule has 1 saturated carbocycles. The average molecular weight is 331 g/mol. The summed E-state index contributed by atoms with van der Waals surface area (Å²) in [6.45, 7) is 0. The van der Waals surface area contributed by atoms with Crippen LogP contribution in [0.5, 0.6) is 0 Å². The molecule has 3 rings (SSSR count). The molecule has 122 valence electrons. The highest BCUT2D eigenvalue weighted by atomic mass is 35.5. The number of nitrogens with zero attached hydrogens (tertiary/aromatic N) is 3. The van der Waals surface area contributed by atoms with E-state index >= 15 is 0 Å². The van der Waals surface area contributed by atoms with Crippen LogP contribution in [0.25, 0.3) is 0 Å². The van der Waals surface area contributed by atoms with Crippen molar-refractivity contribution in [2.24, 2.45) is 0 Å². The van der Waals surface area contributed by atoms with E-state index in [0.717, 1.165) is 17.3 Å². The van der Waals surface area contributed by atoms with Gasteiger partial charge in [0, 0.05) is 18.2 Å². The van der Waals surface area contributed by atoms with Crippen molar-refractivity contribution in [2.75, 3.05) is 5.32 Å². The molecule has 0 unspecified atom stereocenters. The minimum atomic E-state index is 0.306. The quantitative estimate of drug-likeness (QED) is 0.756. The Bertz CT molecular complexity index is 608. The van der Waals surface area contributed by atoms with Crippen molar-refractivity contribution >= 4 is 23.2 Å². The molecule has 2 aromatic rings. The van der Waals surface area contributed by atoms with E-state index in [9.17, 15) is 0 Å². The van der Waals surface area contributed by atoms with Gasteiger partial charge in [-0.05, 0) is 36.6 Å². The molecule has 0 spiro atoms. The molecule has 0 saturated heterocycles. The summed E-state index contributed by atoms with van der Waals surface area (Å²) in [5.74, 6) is 1.97. The molecule has 2 heterocycles. The Morgan fingerprint density at radius 1 is 0.913 bits per heavy atom. The fourth-order valence-electron chi connectivity index (χ4n) is 3.21. The van der Waals surface area contributed by atoms with E-state index < -0.39 is 0 Å². The van der Waals surface area contributed by atoms with Crippen LogP contribution in [-0.4, -0.2) is 15.0 Å². The van der Waals surface area contributed by atoms with Gasteiger partial charge in [0.15, 0.2) is 0 Å². The van der Waals surface area contributed by atoms with Crippen LogP contribution in [0, 0.1) is 0 Å². The number of hydrogen-bond acceptors (Lipinski definition) is 4. The molecule has 0 aliphatic heterocycles. The van der Waals surface area contributed by atoms with E-state index in [1.165, 1.54) is 51.4 Å². The maximum Gasteiger partial charge on any atom is 0.224 e. The van der Waals surface area contributed by atoms with Gasteiger partial charge in [-0.2, -0.15) is 0 Å². The van der Waals surface area contributed by atoms with Gasteiger partial charge in [-0.25, -0.2) is 15.0 Å². The second-order valence-electron chi connectivity index (χ2n) is 6.18. The second-order valence-corrected chi connectivity index (χ2v) is 6.52. The van der Waals surface area contributed by atoms with Crippen molar-refractivity contribution in [2.45, 2.75) is 57.3 Å². The van der Waals surface area contributed by atoms with Crippen LogP contribution in [-0.2, 0) is 0 Å². The Hall–Kier alpha value is -1.68. The number of anilines is 2. The van der Waals surface area contributed by atoms with E-state index in [-0.39, 0.29) is 0 Å². The number of hydrogen-bond donors (Lipinski definition) is 1. The van der Waals surface area contributed by atoms with Crippen LogP contribution in [0.3, 0.4) is 0 Å². The third-order valence-corrected chi connectivity index (χ3v) is 4.58. The normalized spacial score (nSPS) is 17.1. The van der Waals surface area contributed by atoms with E-state index in [1.807, 2.05) is 24.3 Å². The predicted molar refractivity (Wildman–Crippen MR) is 94.2 cm³/mol. The summed E-state index contributed by atoms with van der Waals surface area (Å²) in [4.78, 5) is 13.1. The van der Waals surface area contributed by atoms with Crippen molar-refractivity contribution < 1.29 is 0 Å². The Balaban J connectivity index is 1.78. The van der Waals surface area contributed by atoms with E-state index in [1.54, 1.807) is 6.20 Å². The van der Waals surface area contributed by atoms with Gasteiger partial charge in [-0.15, -0.1) is 0 Å². The molecule has 23 heavy (non-hydrogen) atoms. The fourth-order valence-corrected chi connectivity index (χ4v) is 3.39. The lowest BCUT2D eigenvalue weighted by Crippen LogP contribution is -2.05. The minimum Gasteiger partial charge on any atom is -0.325 e. The Morgan fingerprint density at radius 2 is 1.65 bits per heavy atom. The van der Waals surface area contributed by atoms with Gasteiger partial charge < -0.3 is 5.32 Å². The van der Waals surface area contributed by atoms with Crippen LogP contribution in [0.1, 0.15) is 63.0 Å². The molecule has 1 aliphatic rings. The van der Waals surface area contributed by atoms with Crippen LogP contribution < -0.4 is 5.32 Å². The van der Waals surface area contributed by atoms with Gasteiger partial charge >= 0.3 is 0 Å². The third-order valence-electron chi connectivity index (χ3n) is 4.41. The van der Waals surface area contributed by atoms with Crippen molar-refractivity contribution in [3.05, 3.63) is 41.4 Å². The van der Waals surface area contributed by atoms with Crippen molar-refractivity contribution in [1.82, 2.24) is 15.0 Å². The topological polar surface area (TPSA) is 50.7 Å². The molecule has 0 bridgehead atoms. The molecule has 1 N–H and O–H groups in total. The monoisotopic (exact) mass is 330 g/mol. The number of halogens is 1. The molecule has 1 aliphatic carbocycles. The smallest absolute Gasteiger partial charge is 0.224 e. The lowest BCUT2D eigenvalue weighted by molar-refractivity contribution is 0.528. The molecule has 4 nitrogen and oxygen atoms in total. The molecular weight excluding hydrogens is 308 g/mol. The SMILES string of the molecule is Clc1nc(Nc2ccccn2)cc(C2CCCCCCCC2)n1. The summed E-state index contributed by atoms with van der Waals surface area (Å²) in [6.07, 6.45) is 12.1. The minimum absolute atomic E-state index is 0.306. The number of nitrogens with one attached hydrogen (secondary N) is 1. The molecular formula is C18H23ClN4. The zero-order valence-corrected chi connectivity index (χ0v) is 14.1. The maximum absolute atomic E-state index is 6.16. The summed E-state index contributed by atoms with van der Waals surface area (Å²) >= 11 is 6.16. The molecule has 0 atom stereocenters. The maximum atomic E-state index is 6.16. The van der Waals surface area contributed by atoms with Gasteiger partial charge in [-0.3, -0.25) is 0 Å². The first-order chi connectivity index (χ1) is 11.3. The first kappa shape index (κ1) is 16.2. The third kappa shape index (κ3) is 4.90. The van der Waals surface area contributed by atoms with Crippen molar-refractivity contribution in [3.8, 4) is 0 Å². The summed E-state index contributed by atoms with van der Waals surface area (Å²) in [5, 5.41) is 3.52. The highest BCUT2D eigenvalue weighted by Crippen LogP contribution is 2.31. The Kier molecular flexibility index (Phi) is 5.81. The lowest BCUT2D eigenvalue weighted by Gasteiger charge is -2.16. The molecule has 0 aromatic carbocycles. The predicted octanol–water partition coefficient (Wildman–Crippen LogP) is 5.49. The fraction of sp³-hybridized carbons (Fsp3) is 0.500. The summed E-state index contributed by atoms with van der Waals surface area (Å²) < 4.78 is 0. The van der Waals surface area contributed by atoms with Gasteiger partial charge in [-0.1, -0.05) is 44.6 Å². The molecule has 0 radical (unpaired) electrons. The lowest BCUT2D eigenvalue weighted by atomic mass is 9.93. The zero-order chi connectivity index (χ0) is 15.9. The van der Waals surface area contributed by atoms with Gasteiger partial charge in [0.2, 0.25) is 5.28 Å². The van der Waals surface area contributed by atoms with Crippen LogP contribution in [0.2, 0.25) is 5.28 Å². The average Bonchev–Trinajstić information content (AvgIpc) is 2.69. The summed E-state index contributed by atoms with van der Waals surface area (Å²) in [6, 6.07) is 7.77. The Morgan fingerprint density at radius 3 is 2.35 bits per heavy atom. The van der Waals surface area contributed by atoms with Gasteiger partial charge in [0.05, 0.1) is 5.69 Å². The molecule has 0 amide bonds. The van der Waals surface area contributed by atoms with Gasteiger partial charge in [0.25, 0.3) is 0 Å². The van der Waals surface area contributed by atoms with E-state index in [0.29, 0.717) is 11.2 Å². The largest absolute Gasteiger partial charge is 0.325 e. The highest BCUT2D eigenvalue weighted by Gasteiger charge is 2.16. The molecule has 5 heteroatoms. The first-order valence-electron chi connectivity index (χ1n) is 8.54. The van der Waals surface area contributed by atoms with Crippen molar-refractivity contribution in [3.63, 3.8) is 0 Å². The van der Waals surface area contributed by atoms with E-state index in [4.69, 9.17) is 11.6 Å². The van der Waals surface area contributed by atoms with Gasteiger partial charge in [0.1, 0.15) is 11.6 Å². The highest BCUT2D eigenvalue weighted by molar-refractivity contribution is 6.28. The zero-order valence-electron chi connectivity index (χ0n) is 13.3.